The van der Waals surface area contributed by atoms with E-state index in [9.17, 15) is 14.9 Å². The highest BCUT2D eigenvalue weighted by atomic mass is 16.6. The molecule has 2 fully saturated rings. The number of rotatable bonds is 3. The number of hydrogen-bond acceptors (Lipinski definition) is 5. The van der Waals surface area contributed by atoms with Gasteiger partial charge in [-0.1, -0.05) is 0 Å². The van der Waals surface area contributed by atoms with Crippen molar-refractivity contribution >= 4 is 11.6 Å². The number of hydrogen-bond donors (Lipinski definition) is 1. The molecule has 2 aliphatic rings. The quantitative estimate of drug-likeness (QED) is 0.677. The van der Waals surface area contributed by atoms with Crippen molar-refractivity contribution in [3.05, 3.63) is 33.9 Å². The summed E-state index contributed by atoms with van der Waals surface area (Å²) in [6.45, 7) is 1.63. The predicted octanol–water partition coefficient (Wildman–Crippen LogP) is 1.57. The van der Waals surface area contributed by atoms with E-state index in [0.29, 0.717) is 5.75 Å². The van der Waals surface area contributed by atoms with Gasteiger partial charge in [-0.2, -0.15) is 0 Å². The Labute approximate surface area is 128 Å². The van der Waals surface area contributed by atoms with Crippen molar-refractivity contribution < 1.29 is 14.5 Å². The molecule has 0 saturated carbocycles. The molecule has 0 aliphatic carbocycles. The maximum atomic E-state index is 12.9. The average molecular weight is 305 g/mol. The topological polar surface area (TPSA) is 84.7 Å². The van der Waals surface area contributed by atoms with Gasteiger partial charge in [-0.3, -0.25) is 14.9 Å². The summed E-state index contributed by atoms with van der Waals surface area (Å²) in [4.78, 5) is 25.5. The van der Waals surface area contributed by atoms with E-state index in [4.69, 9.17) is 4.74 Å². The largest absolute Gasteiger partial charge is 0.497 e. The van der Waals surface area contributed by atoms with E-state index >= 15 is 0 Å². The third kappa shape index (κ3) is 2.52. The number of amides is 1. The number of carbonyl (C=O) groups is 1. The number of nitro benzene ring substituents is 1. The molecular weight excluding hydrogens is 286 g/mol. The molecule has 0 spiro atoms. The molecular formula is C15H19N3O4. The van der Waals surface area contributed by atoms with Gasteiger partial charge in [0.15, 0.2) is 0 Å². The van der Waals surface area contributed by atoms with Crippen LogP contribution in [0.4, 0.5) is 5.69 Å². The lowest BCUT2D eigenvalue weighted by atomic mass is 10.1. The van der Waals surface area contributed by atoms with Crippen LogP contribution in [0, 0.1) is 10.1 Å². The Hall–Kier alpha value is -2.15. The van der Waals surface area contributed by atoms with Gasteiger partial charge in [-0.25, -0.2) is 0 Å². The Bertz CT molecular complexity index is 590. The highest BCUT2D eigenvalue weighted by molar-refractivity contribution is 5.99. The van der Waals surface area contributed by atoms with Crippen LogP contribution in [0.5, 0.6) is 5.75 Å². The number of nitrogens with zero attached hydrogens (tertiary/aromatic N) is 2. The van der Waals surface area contributed by atoms with Crippen molar-refractivity contribution in [1.82, 2.24) is 10.2 Å². The predicted molar refractivity (Wildman–Crippen MR) is 80.1 cm³/mol. The Kier molecular flexibility index (Phi) is 3.98. The fraction of sp³-hybridized carbons (Fsp3) is 0.533. The second-order valence-corrected chi connectivity index (χ2v) is 5.73. The van der Waals surface area contributed by atoms with Gasteiger partial charge in [0.25, 0.3) is 11.6 Å². The van der Waals surface area contributed by atoms with Crippen LogP contribution in [0.25, 0.3) is 0 Å². The average Bonchev–Trinajstić information content (AvgIpc) is 2.78. The molecule has 2 saturated heterocycles. The van der Waals surface area contributed by atoms with Crippen LogP contribution in [0.15, 0.2) is 18.2 Å². The zero-order chi connectivity index (χ0) is 15.7. The second kappa shape index (κ2) is 5.92. The van der Waals surface area contributed by atoms with Crippen molar-refractivity contribution in [1.29, 1.82) is 0 Å². The molecule has 1 aromatic rings. The van der Waals surface area contributed by atoms with Gasteiger partial charge < -0.3 is 15.0 Å². The van der Waals surface area contributed by atoms with E-state index < -0.39 is 4.92 Å². The molecule has 0 aromatic heterocycles. The van der Waals surface area contributed by atoms with Crippen LogP contribution < -0.4 is 10.1 Å². The molecule has 0 radical (unpaired) electrons. The highest BCUT2D eigenvalue weighted by Gasteiger charge is 2.40. The molecule has 1 aromatic carbocycles. The molecule has 7 nitrogen and oxygen atoms in total. The molecule has 118 valence electrons. The van der Waals surface area contributed by atoms with Crippen molar-refractivity contribution in [3.8, 4) is 5.75 Å². The third-order valence-electron chi connectivity index (χ3n) is 4.52. The Morgan fingerprint density at radius 1 is 1.36 bits per heavy atom. The SMILES string of the molecule is COc1ccc([N+](=O)[O-])c(C(=O)N2C3CCNCC2CC3)c1. The van der Waals surface area contributed by atoms with Crippen LogP contribution in [0.3, 0.4) is 0 Å². The first kappa shape index (κ1) is 14.8. The molecule has 1 amide bonds. The summed E-state index contributed by atoms with van der Waals surface area (Å²) in [6.07, 6.45) is 2.80. The number of methoxy groups -OCH3 is 1. The van der Waals surface area contributed by atoms with Gasteiger partial charge in [0, 0.05) is 24.7 Å². The molecule has 7 heteroatoms. The summed E-state index contributed by atoms with van der Waals surface area (Å²) < 4.78 is 5.12. The van der Waals surface area contributed by atoms with Crippen LogP contribution in [0.2, 0.25) is 0 Å². The first-order chi connectivity index (χ1) is 10.6. The molecule has 2 atom stereocenters. The molecule has 3 rings (SSSR count). The summed E-state index contributed by atoms with van der Waals surface area (Å²) in [5.41, 5.74) is -0.0504. The molecule has 2 aliphatic heterocycles. The molecule has 2 bridgehead atoms. The zero-order valence-electron chi connectivity index (χ0n) is 12.4. The van der Waals surface area contributed by atoms with Crippen LogP contribution in [-0.4, -0.2) is 48.0 Å². The Balaban J connectivity index is 1.99. The fourth-order valence-corrected chi connectivity index (χ4v) is 3.43. The minimum atomic E-state index is -0.509. The number of carbonyl (C=O) groups excluding carboxylic acids is 1. The van der Waals surface area contributed by atoms with Gasteiger partial charge in [-0.05, 0) is 37.9 Å². The summed E-state index contributed by atoms with van der Waals surface area (Å²) >= 11 is 0. The monoisotopic (exact) mass is 305 g/mol. The molecule has 22 heavy (non-hydrogen) atoms. The molecule has 2 unspecified atom stereocenters. The highest BCUT2D eigenvalue weighted by Crippen LogP contribution is 2.33. The van der Waals surface area contributed by atoms with E-state index in [-0.39, 0.29) is 29.2 Å². The van der Waals surface area contributed by atoms with E-state index in [1.165, 1.54) is 25.3 Å². The lowest BCUT2D eigenvalue weighted by Gasteiger charge is -2.27. The number of nitro groups is 1. The lowest BCUT2D eigenvalue weighted by Crippen LogP contribution is -2.42. The summed E-state index contributed by atoms with van der Waals surface area (Å²) in [7, 11) is 1.48. The first-order valence-electron chi connectivity index (χ1n) is 7.47. The van der Waals surface area contributed by atoms with Gasteiger partial charge >= 0.3 is 0 Å². The number of benzene rings is 1. The van der Waals surface area contributed by atoms with Gasteiger partial charge in [0.05, 0.1) is 12.0 Å². The second-order valence-electron chi connectivity index (χ2n) is 5.73. The van der Waals surface area contributed by atoms with Gasteiger partial charge in [0.1, 0.15) is 11.3 Å². The van der Waals surface area contributed by atoms with Crippen molar-refractivity contribution in [2.45, 2.75) is 31.3 Å². The van der Waals surface area contributed by atoms with Crippen LogP contribution in [-0.2, 0) is 0 Å². The van der Waals surface area contributed by atoms with Crippen molar-refractivity contribution in [2.24, 2.45) is 0 Å². The van der Waals surface area contributed by atoms with Crippen LogP contribution in [0.1, 0.15) is 29.6 Å². The van der Waals surface area contributed by atoms with Crippen LogP contribution >= 0.6 is 0 Å². The van der Waals surface area contributed by atoms with E-state index in [0.717, 1.165) is 32.4 Å². The first-order valence-corrected chi connectivity index (χ1v) is 7.47. The maximum absolute atomic E-state index is 12.9. The minimum absolute atomic E-state index is 0.114. The smallest absolute Gasteiger partial charge is 0.282 e. The normalized spacial score (nSPS) is 24.0. The van der Waals surface area contributed by atoms with Gasteiger partial charge in [0.2, 0.25) is 0 Å². The molecule has 2 heterocycles. The Morgan fingerprint density at radius 2 is 2.14 bits per heavy atom. The Morgan fingerprint density at radius 3 is 2.86 bits per heavy atom. The van der Waals surface area contributed by atoms with E-state index in [1.54, 1.807) is 0 Å². The van der Waals surface area contributed by atoms with Crippen molar-refractivity contribution in [2.75, 3.05) is 20.2 Å². The lowest BCUT2D eigenvalue weighted by molar-refractivity contribution is -0.385. The standard InChI is InChI=1S/C15H19N3O4/c1-22-12-4-5-14(18(20)21)13(8-12)15(19)17-10-2-3-11(17)9-16-7-6-10/h4-5,8,10-11,16H,2-3,6-7,9H2,1H3. The summed E-state index contributed by atoms with van der Waals surface area (Å²) in [5.74, 6) is 0.191. The van der Waals surface area contributed by atoms with Crippen molar-refractivity contribution in [3.63, 3.8) is 0 Å². The number of fused-ring (bicyclic) bond motifs is 2. The zero-order valence-corrected chi connectivity index (χ0v) is 12.4. The fourth-order valence-electron chi connectivity index (χ4n) is 3.43. The van der Waals surface area contributed by atoms with E-state index in [2.05, 4.69) is 5.32 Å². The number of nitrogens with one attached hydrogen (secondary N) is 1. The van der Waals surface area contributed by atoms with Gasteiger partial charge in [-0.15, -0.1) is 0 Å². The molecule has 1 N–H and O–H groups in total. The number of ether oxygens (including phenoxy) is 1. The summed E-state index contributed by atoms with van der Waals surface area (Å²) in [5, 5.41) is 14.6. The maximum Gasteiger partial charge on any atom is 0.282 e. The summed E-state index contributed by atoms with van der Waals surface area (Å²) in [6, 6.07) is 4.60. The minimum Gasteiger partial charge on any atom is -0.497 e. The third-order valence-corrected chi connectivity index (χ3v) is 4.52. The van der Waals surface area contributed by atoms with E-state index in [1.807, 2.05) is 4.90 Å².